The van der Waals surface area contributed by atoms with E-state index in [1.807, 2.05) is 10.9 Å². The monoisotopic (exact) mass is 524 g/mol. The van der Waals surface area contributed by atoms with Gasteiger partial charge >= 0.3 is 6.03 Å². The number of carbonyl (C=O) groups is 2. The van der Waals surface area contributed by atoms with Crippen molar-refractivity contribution < 1.29 is 9.59 Å². The van der Waals surface area contributed by atoms with E-state index in [1.165, 1.54) is 30.6 Å². The molecule has 1 aliphatic carbocycles. The summed E-state index contributed by atoms with van der Waals surface area (Å²) in [5.41, 5.74) is 6.44. The third-order valence-electron chi connectivity index (χ3n) is 8.05. The SMILES string of the molecule is CN(C)C(=O)NC1CCCN(c2cnc(C(N)=O)c(Nc3cnn(C4CCN(C5CCCC5)CC4)c3)n2)C1. The zero-order valence-electron chi connectivity index (χ0n) is 22.5. The lowest BCUT2D eigenvalue weighted by molar-refractivity contribution is 0.0996. The molecule has 0 spiro atoms. The van der Waals surface area contributed by atoms with E-state index in [0.717, 1.165) is 57.0 Å². The predicted octanol–water partition coefficient (Wildman–Crippen LogP) is 2.34. The first-order valence-electron chi connectivity index (χ1n) is 13.8. The van der Waals surface area contributed by atoms with Crippen LogP contribution in [0.25, 0.3) is 0 Å². The van der Waals surface area contributed by atoms with Crippen molar-refractivity contribution in [2.75, 3.05) is 50.5 Å². The highest BCUT2D eigenvalue weighted by Crippen LogP contribution is 2.30. The van der Waals surface area contributed by atoms with Gasteiger partial charge in [0.1, 0.15) is 5.82 Å². The van der Waals surface area contributed by atoms with E-state index in [9.17, 15) is 9.59 Å². The summed E-state index contributed by atoms with van der Waals surface area (Å²) in [7, 11) is 3.45. The summed E-state index contributed by atoms with van der Waals surface area (Å²) in [5, 5.41) is 10.9. The molecule has 38 heavy (non-hydrogen) atoms. The quantitative estimate of drug-likeness (QED) is 0.502. The fourth-order valence-electron chi connectivity index (χ4n) is 5.93. The maximum atomic E-state index is 12.1. The lowest BCUT2D eigenvalue weighted by Gasteiger charge is -2.36. The van der Waals surface area contributed by atoms with Gasteiger partial charge in [-0.2, -0.15) is 5.10 Å². The van der Waals surface area contributed by atoms with Crippen LogP contribution >= 0.6 is 0 Å². The second-order valence-corrected chi connectivity index (χ2v) is 11.0. The zero-order valence-corrected chi connectivity index (χ0v) is 22.5. The minimum Gasteiger partial charge on any atom is -0.364 e. The molecule has 3 fully saturated rings. The van der Waals surface area contributed by atoms with Gasteiger partial charge in [0.05, 0.1) is 24.1 Å². The van der Waals surface area contributed by atoms with E-state index >= 15 is 0 Å². The number of hydrogen-bond donors (Lipinski definition) is 3. The minimum absolute atomic E-state index is 0.00555. The Morgan fingerprint density at radius 3 is 2.47 bits per heavy atom. The van der Waals surface area contributed by atoms with Gasteiger partial charge in [-0.25, -0.2) is 14.8 Å². The number of nitrogens with zero attached hydrogens (tertiary/aromatic N) is 7. The van der Waals surface area contributed by atoms with E-state index in [2.05, 4.69) is 30.5 Å². The predicted molar refractivity (Wildman–Crippen MR) is 146 cm³/mol. The number of nitrogens with one attached hydrogen (secondary N) is 2. The fraction of sp³-hybridized carbons (Fsp3) is 0.654. The van der Waals surface area contributed by atoms with Crippen molar-refractivity contribution in [3.8, 4) is 0 Å². The summed E-state index contributed by atoms with van der Waals surface area (Å²) in [6.45, 7) is 3.63. The molecular weight excluding hydrogens is 484 g/mol. The first kappa shape index (κ1) is 26.2. The number of amides is 3. The van der Waals surface area contributed by atoms with Crippen molar-refractivity contribution in [3.05, 3.63) is 24.3 Å². The lowest BCUT2D eigenvalue weighted by atomic mass is 10.0. The number of hydrogen-bond acceptors (Lipinski definition) is 8. The van der Waals surface area contributed by atoms with Gasteiger partial charge in [-0.3, -0.25) is 9.48 Å². The summed E-state index contributed by atoms with van der Waals surface area (Å²) in [6.07, 6.45) is 14.7. The Morgan fingerprint density at radius 1 is 1.00 bits per heavy atom. The second kappa shape index (κ2) is 11.5. The molecule has 12 nitrogen and oxygen atoms in total. The van der Waals surface area contributed by atoms with Gasteiger partial charge < -0.3 is 31.1 Å². The lowest BCUT2D eigenvalue weighted by Crippen LogP contribution is -2.50. The van der Waals surface area contributed by atoms with Crippen molar-refractivity contribution in [2.45, 2.75) is 69.5 Å². The van der Waals surface area contributed by atoms with Crippen LogP contribution in [-0.2, 0) is 0 Å². The highest BCUT2D eigenvalue weighted by Gasteiger charge is 2.28. The number of aromatic nitrogens is 4. The number of piperidine rings is 2. The molecule has 3 aliphatic rings. The number of anilines is 3. The standard InChI is InChI=1S/C26H40N10O2/c1-33(2)26(38)31-18-6-5-11-35(16-18)22-15-28-23(24(27)37)25(32-22)30-19-14-29-36(17-19)21-9-12-34(13-10-21)20-7-3-4-8-20/h14-15,17-18,20-21H,3-13,16H2,1-2H3,(H2,27,37)(H,30,32)(H,31,38). The number of nitrogens with two attached hydrogens (primary N) is 1. The van der Waals surface area contributed by atoms with Crippen molar-refractivity contribution in [1.29, 1.82) is 0 Å². The molecule has 3 amide bonds. The van der Waals surface area contributed by atoms with E-state index in [1.54, 1.807) is 26.5 Å². The van der Waals surface area contributed by atoms with E-state index in [-0.39, 0.29) is 17.8 Å². The van der Waals surface area contributed by atoms with Crippen LogP contribution in [-0.4, -0.2) is 93.8 Å². The van der Waals surface area contributed by atoms with Gasteiger partial charge in [0.15, 0.2) is 11.5 Å². The first-order valence-corrected chi connectivity index (χ1v) is 13.8. The third kappa shape index (κ3) is 6.01. The number of likely N-dealkylation sites (tertiary alicyclic amines) is 1. The zero-order chi connectivity index (χ0) is 26.6. The highest BCUT2D eigenvalue weighted by molar-refractivity contribution is 5.96. The van der Waals surface area contributed by atoms with E-state index in [4.69, 9.17) is 10.7 Å². The number of urea groups is 1. The topological polar surface area (TPSA) is 138 Å². The van der Waals surface area contributed by atoms with Crippen LogP contribution in [0.2, 0.25) is 0 Å². The molecule has 0 radical (unpaired) electrons. The van der Waals surface area contributed by atoms with Crippen LogP contribution in [0.4, 0.5) is 22.1 Å². The van der Waals surface area contributed by atoms with Crippen molar-refractivity contribution in [1.82, 2.24) is 34.9 Å². The van der Waals surface area contributed by atoms with Crippen molar-refractivity contribution >= 4 is 29.3 Å². The molecule has 2 aliphatic heterocycles. The molecule has 1 atom stereocenters. The largest absolute Gasteiger partial charge is 0.364 e. The molecule has 2 saturated heterocycles. The minimum atomic E-state index is -0.645. The molecule has 5 rings (SSSR count). The maximum Gasteiger partial charge on any atom is 0.317 e. The van der Waals surface area contributed by atoms with Crippen molar-refractivity contribution in [2.24, 2.45) is 5.73 Å². The van der Waals surface area contributed by atoms with Gasteiger partial charge in [0.2, 0.25) is 0 Å². The Labute approximate surface area is 223 Å². The highest BCUT2D eigenvalue weighted by atomic mass is 16.2. The van der Waals surface area contributed by atoms with Crippen LogP contribution in [0.5, 0.6) is 0 Å². The Morgan fingerprint density at radius 2 is 1.76 bits per heavy atom. The van der Waals surface area contributed by atoms with Crippen LogP contribution in [0.15, 0.2) is 18.6 Å². The van der Waals surface area contributed by atoms with Crippen LogP contribution in [0.1, 0.15) is 67.9 Å². The molecule has 0 aromatic carbocycles. The average molecular weight is 525 g/mol. The summed E-state index contributed by atoms with van der Waals surface area (Å²) < 4.78 is 2.03. The van der Waals surface area contributed by atoms with Gasteiger partial charge in [-0.15, -0.1) is 0 Å². The molecule has 1 saturated carbocycles. The molecule has 4 N–H and O–H groups in total. The molecule has 12 heteroatoms. The smallest absolute Gasteiger partial charge is 0.317 e. The van der Waals surface area contributed by atoms with Gasteiger partial charge in [-0.1, -0.05) is 12.8 Å². The third-order valence-corrected chi connectivity index (χ3v) is 8.05. The van der Waals surface area contributed by atoms with Crippen molar-refractivity contribution in [3.63, 3.8) is 0 Å². The average Bonchev–Trinajstić information content (AvgIpc) is 3.62. The Kier molecular flexibility index (Phi) is 7.96. The van der Waals surface area contributed by atoms with Crippen LogP contribution in [0, 0.1) is 0 Å². The van der Waals surface area contributed by atoms with Crippen LogP contribution < -0.4 is 21.3 Å². The molecular formula is C26H40N10O2. The van der Waals surface area contributed by atoms with Gasteiger partial charge in [0, 0.05) is 58.6 Å². The number of primary amides is 1. The molecule has 2 aromatic rings. The molecule has 4 heterocycles. The van der Waals surface area contributed by atoms with E-state index < -0.39 is 5.91 Å². The first-order chi connectivity index (χ1) is 18.4. The Bertz CT molecular complexity index is 1120. The fourth-order valence-corrected chi connectivity index (χ4v) is 5.93. The summed E-state index contributed by atoms with van der Waals surface area (Å²) in [5.74, 6) is 0.297. The van der Waals surface area contributed by atoms with Crippen LogP contribution in [0.3, 0.4) is 0 Å². The maximum absolute atomic E-state index is 12.1. The van der Waals surface area contributed by atoms with E-state index in [0.29, 0.717) is 24.2 Å². The van der Waals surface area contributed by atoms with Gasteiger partial charge in [0.25, 0.3) is 5.91 Å². The summed E-state index contributed by atoms with van der Waals surface area (Å²) >= 11 is 0. The number of carbonyl (C=O) groups excluding carboxylic acids is 2. The molecule has 0 bridgehead atoms. The molecule has 1 unspecified atom stereocenters. The Balaban J connectivity index is 1.25. The number of rotatable bonds is 7. The normalized spacial score (nSPS) is 21.4. The Hall–Kier alpha value is -3.41. The summed E-state index contributed by atoms with van der Waals surface area (Å²) in [4.78, 5) is 39.6. The molecule has 2 aromatic heterocycles. The van der Waals surface area contributed by atoms with Gasteiger partial charge in [-0.05, 0) is 38.5 Å². The molecule has 206 valence electrons. The second-order valence-electron chi connectivity index (χ2n) is 11.0. The summed E-state index contributed by atoms with van der Waals surface area (Å²) in [6, 6.07) is 1.02.